The highest BCUT2D eigenvalue weighted by Crippen LogP contribution is 2.25. The van der Waals surface area contributed by atoms with E-state index in [2.05, 4.69) is 20.7 Å². The molecule has 0 aliphatic carbocycles. The highest BCUT2D eigenvalue weighted by molar-refractivity contribution is 9.10. The molecule has 0 saturated heterocycles. The zero-order chi connectivity index (χ0) is 14.0. The topological polar surface area (TPSA) is 72.2 Å². The monoisotopic (exact) mass is 340 g/mol. The van der Waals surface area contributed by atoms with Gasteiger partial charge in [-0.25, -0.2) is 8.42 Å². The van der Waals surface area contributed by atoms with E-state index in [1.807, 2.05) is 13.0 Å². The second kappa shape index (κ2) is 5.22. The number of nitrogens with one attached hydrogen (secondary N) is 1. The molecule has 3 N–H and O–H groups in total. The molecule has 0 bridgehead atoms. The van der Waals surface area contributed by atoms with Crippen molar-refractivity contribution >= 4 is 37.3 Å². The number of anilines is 2. The first-order chi connectivity index (χ1) is 8.90. The fourth-order valence-corrected chi connectivity index (χ4v) is 3.41. The van der Waals surface area contributed by atoms with E-state index in [4.69, 9.17) is 5.73 Å². The van der Waals surface area contributed by atoms with Crippen LogP contribution in [0.15, 0.2) is 51.8 Å². The van der Waals surface area contributed by atoms with Crippen LogP contribution in [0.1, 0.15) is 5.56 Å². The zero-order valence-corrected chi connectivity index (χ0v) is 12.6. The van der Waals surface area contributed by atoms with Crippen LogP contribution < -0.4 is 10.5 Å². The summed E-state index contributed by atoms with van der Waals surface area (Å²) in [7, 11) is -3.67. The van der Waals surface area contributed by atoms with Crippen molar-refractivity contribution in [3.8, 4) is 0 Å². The predicted molar refractivity (Wildman–Crippen MR) is 80.5 cm³/mol. The summed E-state index contributed by atoms with van der Waals surface area (Å²) in [5.41, 5.74) is 7.28. The summed E-state index contributed by atoms with van der Waals surface area (Å²) in [6.45, 7) is 1.83. The third-order valence-electron chi connectivity index (χ3n) is 2.64. The van der Waals surface area contributed by atoms with Crippen LogP contribution in [-0.2, 0) is 10.0 Å². The van der Waals surface area contributed by atoms with Gasteiger partial charge in [0.1, 0.15) is 4.90 Å². The summed E-state index contributed by atoms with van der Waals surface area (Å²) in [6.07, 6.45) is 0. The Kier molecular flexibility index (Phi) is 3.82. The van der Waals surface area contributed by atoms with Crippen LogP contribution in [0.25, 0.3) is 0 Å². The Morgan fingerprint density at radius 2 is 1.84 bits per heavy atom. The molecule has 2 aromatic rings. The van der Waals surface area contributed by atoms with Crippen molar-refractivity contribution in [3.05, 3.63) is 52.5 Å². The molecule has 2 aromatic carbocycles. The van der Waals surface area contributed by atoms with Gasteiger partial charge in [-0.3, -0.25) is 4.72 Å². The average Bonchev–Trinajstić information content (AvgIpc) is 2.33. The molecule has 19 heavy (non-hydrogen) atoms. The van der Waals surface area contributed by atoms with Gasteiger partial charge in [0, 0.05) is 4.47 Å². The molecule has 0 atom stereocenters. The van der Waals surface area contributed by atoms with Gasteiger partial charge in [0.15, 0.2) is 0 Å². The fourth-order valence-electron chi connectivity index (χ4n) is 1.67. The van der Waals surface area contributed by atoms with Crippen molar-refractivity contribution in [1.82, 2.24) is 0 Å². The number of sulfonamides is 1. The first kappa shape index (κ1) is 13.9. The Morgan fingerprint density at radius 1 is 1.16 bits per heavy atom. The Morgan fingerprint density at radius 3 is 2.47 bits per heavy atom. The number of aryl methyl sites for hydroxylation is 1. The quantitative estimate of drug-likeness (QED) is 0.843. The molecule has 0 aromatic heterocycles. The van der Waals surface area contributed by atoms with E-state index < -0.39 is 10.0 Å². The molecule has 0 radical (unpaired) electrons. The van der Waals surface area contributed by atoms with Gasteiger partial charge < -0.3 is 5.73 Å². The maximum absolute atomic E-state index is 12.3. The number of benzene rings is 2. The van der Waals surface area contributed by atoms with Crippen LogP contribution >= 0.6 is 15.9 Å². The minimum absolute atomic E-state index is 0.0809. The minimum Gasteiger partial charge on any atom is -0.398 e. The summed E-state index contributed by atoms with van der Waals surface area (Å²) in [5, 5.41) is 0. The van der Waals surface area contributed by atoms with Crippen molar-refractivity contribution in [1.29, 1.82) is 0 Å². The maximum Gasteiger partial charge on any atom is 0.263 e. The van der Waals surface area contributed by atoms with Crippen molar-refractivity contribution < 1.29 is 8.42 Å². The van der Waals surface area contributed by atoms with Crippen LogP contribution in [0.4, 0.5) is 11.4 Å². The van der Waals surface area contributed by atoms with E-state index in [0.717, 1.165) is 10.0 Å². The van der Waals surface area contributed by atoms with Crippen molar-refractivity contribution in [2.45, 2.75) is 11.8 Å². The standard InChI is InChI=1S/C13H13BrN2O2S/c1-9-8-10(14)6-7-12(9)16-19(17,18)13-5-3-2-4-11(13)15/h2-8,16H,15H2,1H3. The van der Waals surface area contributed by atoms with Crippen LogP contribution in [0.2, 0.25) is 0 Å². The summed E-state index contributed by atoms with van der Waals surface area (Å²) in [6, 6.07) is 11.7. The van der Waals surface area contributed by atoms with E-state index in [-0.39, 0.29) is 10.6 Å². The largest absolute Gasteiger partial charge is 0.398 e. The van der Waals surface area contributed by atoms with Crippen LogP contribution in [0, 0.1) is 6.92 Å². The second-order valence-corrected chi connectivity index (χ2v) is 6.67. The third-order valence-corrected chi connectivity index (χ3v) is 4.57. The lowest BCUT2D eigenvalue weighted by atomic mass is 10.2. The van der Waals surface area contributed by atoms with E-state index in [9.17, 15) is 8.42 Å². The average molecular weight is 341 g/mol. The van der Waals surface area contributed by atoms with Gasteiger partial charge in [0.25, 0.3) is 10.0 Å². The van der Waals surface area contributed by atoms with Crippen molar-refractivity contribution in [2.75, 3.05) is 10.5 Å². The third kappa shape index (κ3) is 3.08. The van der Waals surface area contributed by atoms with E-state index in [1.54, 1.807) is 30.3 Å². The molecule has 6 heteroatoms. The maximum atomic E-state index is 12.3. The smallest absolute Gasteiger partial charge is 0.263 e. The van der Waals surface area contributed by atoms with Gasteiger partial charge >= 0.3 is 0 Å². The summed E-state index contributed by atoms with van der Waals surface area (Å²) < 4.78 is 28.0. The van der Waals surface area contributed by atoms with Gasteiger partial charge in [0.05, 0.1) is 11.4 Å². The zero-order valence-electron chi connectivity index (χ0n) is 10.2. The van der Waals surface area contributed by atoms with Crippen LogP contribution in [0.3, 0.4) is 0 Å². The number of rotatable bonds is 3. The Bertz CT molecular complexity index is 714. The van der Waals surface area contributed by atoms with Gasteiger partial charge in [-0.1, -0.05) is 28.1 Å². The lowest BCUT2D eigenvalue weighted by Gasteiger charge is -2.12. The first-order valence-corrected chi connectivity index (χ1v) is 7.81. The molecule has 0 fully saturated rings. The Hall–Kier alpha value is -1.53. The summed E-state index contributed by atoms with van der Waals surface area (Å²) in [5.74, 6) is 0. The second-order valence-electron chi connectivity index (χ2n) is 4.10. The predicted octanol–water partition coefficient (Wildman–Crippen LogP) is 3.14. The molecule has 2 rings (SSSR count). The molecular formula is C13H13BrN2O2S. The lowest BCUT2D eigenvalue weighted by molar-refractivity contribution is 0.601. The van der Waals surface area contributed by atoms with Crippen molar-refractivity contribution in [3.63, 3.8) is 0 Å². The molecule has 0 heterocycles. The molecule has 4 nitrogen and oxygen atoms in total. The molecule has 0 spiro atoms. The molecule has 0 unspecified atom stereocenters. The molecule has 0 amide bonds. The molecular weight excluding hydrogens is 328 g/mol. The summed E-state index contributed by atoms with van der Waals surface area (Å²) in [4.78, 5) is 0.0809. The molecule has 0 saturated carbocycles. The van der Waals surface area contributed by atoms with Crippen LogP contribution in [0.5, 0.6) is 0 Å². The lowest BCUT2D eigenvalue weighted by Crippen LogP contribution is -2.15. The number of para-hydroxylation sites is 1. The van der Waals surface area contributed by atoms with E-state index in [1.165, 1.54) is 6.07 Å². The van der Waals surface area contributed by atoms with Gasteiger partial charge in [-0.15, -0.1) is 0 Å². The SMILES string of the molecule is Cc1cc(Br)ccc1NS(=O)(=O)c1ccccc1N. The van der Waals surface area contributed by atoms with Crippen molar-refractivity contribution in [2.24, 2.45) is 0 Å². The number of nitrogen functional groups attached to an aromatic ring is 1. The summed E-state index contributed by atoms with van der Waals surface area (Å²) >= 11 is 3.34. The van der Waals surface area contributed by atoms with E-state index in [0.29, 0.717) is 5.69 Å². The number of hydrogen-bond acceptors (Lipinski definition) is 3. The molecule has 0 aliphatic heterocycles. The van der Waals surface area contributed by atoms with Gasteiger partial charge in [-0.05, 0) is 42.8 Å². The highest BCUT2D eigenvalue weighted by Gasteiger charge is 2.17. The number of hydrogen-bond donors (Lipinski definition) is 2. The fraction of sp³-hybridized carbons (Fsp3) is 0.0769. The molecule has 100 valence electrons. The first-order valence-electron chi connectivity index (χ1n) is 5.53. The van der Waals surface area contributed by atoms with Gasteiger partial charge in [0.2, 0.25) is 0 Å². The highest BCUT2D eigenvalue weighted by atomic mass is 79.9. The number of nitrogens with two attached hydrogens (primary N) is 1. The number of halogens is 1. The van der Waals surface area contributed by atoms with E-state index >= 15 is 0 Å². The minimum atomic E-state index is -3.67. The molecule has 0 aliphatic rings. The Balaban J connectivity index is 2.40. The normalized spacial score (nSPS) is 11.3. The van der Waals surface area contributed by atoms with Crippen LogP contribution in [-0.4, -0.2) is 8.42 Å². The Labute approximate surface area is 120 Å². The van der Waals surface area contributed by atoms with Gasteiger partial charge in [-0.2, -0.15) is 0 Å².